The average Bonchev–Trinajstić information content (AvgIpc) is 2.26. The van der Waals surface area contributed by atoms with E-state index < -0.39 is 14.2 Å². The Morgan fingerprint density at radius 1 is 1.71 bits per heavy atom. The third kappa shape index (κ3) is 3.37. The number of hydrogen-bond acceptors (Lipinski definition) is 2. The summed E-state index contributed by atoms with van der Waals surface area (Å²) in [6, 6.07) is 0. The number of halogens is 2. The Labute approximate surface area is 97.3 Å². The first-order chi connectivity index (χ1) is 7.46. The Kier molecular flexibility index (Phi) is 4.46. The fraction of sp³-hybridized carbons (Fsp3) is 1.00. The molecule has 0 bridgehead atoms. The van der Waals surface area contributed by atoms with Crippen molar-refractivity contribution in [2.45, 2.75) is 6.42 Å². The molecule has 0 saturated carbocycles. The highest BCUT2D eigenvalue weighted by Gasteiger charge is 2.32. The van der Waals surface area contributed by atoms with Crippen molar-refractivity contribution in [3.8, 4) is 0 Å². The Balaban J connectivity index is 2.87. The molecular formula is C7H15Cl2N2O2P. The lowest BCUT2D eigenvalue weighted by molar-refractivity contribution is 0.233. The van der Waals surface area contributed by atoms with Crippen LogP contribution >= 0.6 is 30.9 Å². The van der Waals surface area contributed by atoms with Crippen molar-refractivity contribution in [3.05, 3.63) is 0 Å². The predicted molar refractivity (Wildman–Crippen MR) is 59.2 cm³/mol. The van der Waals surface area contributed by atoms with Gasteiger partial charge in [-0.1, -0.05) is 0 Å². The van der Waals surface area contributed by atoms with Crippen LogP contribution in [0, 0.1) is 0 Å². The summed E-state index contributed by atoms with van der Waals surface area (Å²) in [5.41, 5.74) is 0. The number of hydrogen-bond donors (Lipinski definition) is 1. The Hall–Kier alpha value is 0.690. The molecule has 1 heterocycles. The zero-order chi connectivity index (χ0) is 12.2. The van der Waals surface area contributed by atoms with Gasteiger partial charge in [0.15, 0.2) is 0 Å². The molecule has 0 aromatic carbocycles. The number of nitrogens with one attached hydrogen (secondary N) is 1. The molecule has 1 aliphatic rings. The Morgan fingerprint density at radius 3 is 3.00 bits per heavy atom. The van der Waals surface area contributed by atoms with Gasteiger partial charge in [-0.25, -0.2) is 9.76 Å². The molecule has 1 N–H and O–H groups in total. The van der Waals surface area contributed by atoms with Crippen LogP contribution in [0.2, 0.25) is 0 Å². The standard InChI is InChI=1S/C7H15Cl2N2O2P/c8-2-5-11(6-3-9)14(12)10-4-1-7-13-14/h1-7H2,(H,10,12)/i5TD. The number of rotatable bonds is 5. The minimum atomic E-state index is -3.34. The van der Waals surface area contributed by atoms with E-state index in [2.05, 4.69) is 5.09 Å². The van der Waals surface area contributed by atoms with E-state index in [1.165, 1.54) is 0 Å². The summed E-state index contributed by atoms with van der Waals surface area (Å²) < 4.78 is 34.1. The van der Waals surface area contributed by atoms with E-state index in [1.807, 2.05) is 0 Å². The maximum atomic E-state index is 12.4. The van der Waals surface area contributed by atoms with Gasteiger partial charge in [0.05, 0.1) is 6.61 Å². The molecule has 0 spiro atoms. The van der Waals surface area contributed by atoms with Crippen LogP contribution in [0.3, 0.4) is 0 Å². The predicted octanol–water partition coefficient (Wildman–Crippen LogP) is 1.88. The zero-order valence-corrected chi connectivity index (χ0v) is 10.1. The largest absolute Gasteiger partial charge is 0.343 e. The molecular weight excluding hydrogens is 246 g/mol. The molecule has 0 aliphatic carbocycles. The minimum Gasteiger partial charge on any atom is -0.306 e. The quantitative estimate of drug-likeness (QED) is 0.608. The second kappa shape index (κ2) is 6.31. The molecule has 1 fully saturated rings. The van der Waals surface area contributed by atoms with Gasteiger partial charge in [-0.3, -0.25) is 4.57 Å². The summed E-state index contributed by atoms with van der Waals surface area (Å²) in [4.78, 5) is 0. The average molecular weight is 264 g/mol. The summed E-state index contributed by atoms with van der Waals surface area (Å²) in [6.45, 7) is -0.905. The van der Waals surface area contributed by atoms with Crippen LogP contribution in [0.25, 0.3) is 0 Å². The van der Waals surface area contributed by atoms with Crippen molar-refractivity contribution >= 4 is 30.9 Å². The van der Waals surface area contributed by atoms with Crippen LogP contribution < -0.4 is 5.09 Å². The van der Waals surface area contributed by atoms with Crippen LogP contribution in [0.5, 0.6) is 0 Å². The molecule has 2 unspecified atom stereocenters. The van der Waals surface area contributed by atoms with Crippen LogP contribution in [-0.4, -0.2) is 42.6 Å². The highest BCUT2D eigenvalue weighted by atomic mass is 35.5. The first kappa shape index (κ1) is 9.88. The van der Waals surface area contributed by atoms with Crippen molar-refractivity contribution in [1.82, 2.24) is 9.76 Å². The van der Waals surface area contributed by atoms with Gasteiger partial charge >= 0.3 is 7.67 Å². The number of nitrogens with zero attached hydrogens (tertiary/aromatic N) is 1. The molecule has 84 valence electrons. The van der Waals surface area contributed by atoms with Gasteiger partial charge in [0.2, 0.25) is 0 Å². The first-order valence-electron chi connectivity index (χ1n) is 5.36. The minimum absolute atomic E-state index is 0.117. The Bertz CT molecular complexity index is 273. The summed E-state index contributed by atoms with van der Waals surface area (Å²) in [5.74, 6) is -0.135. The van der Waals surface area contributed by atoms with Gasteiger partial charge in [0.25, 0.3) is 0 Å². The van der Waals surface area contributed by atoms with Crippen molar-refractivity contribution in [2.75, 3.05) is 38.0 Å². The third-order valence-corrected chi connectivity index (χ3v) is 4.18. The maximum absolute atomic E-state index is 12.4. The van der Waals surface area contributed by atoms with Crippen molar-refractivity contribution in [1.29, 1.82) is 0 Å². The van der Waals surface area contributed by atoms with Crippen molar-refractivity contribution in [3.63, 3.8) is 0 Å². The summed E-state index contributed by atoms with van der Waals surface area (Å²) >= 11 is 11.1. The van der Waals surface area contributed by atoms with Gasteiger partial charge in [0, 0.05) is 34.1 Å². The van der Waals surface area contributed by atoms with E-state index >= 15 is 0 Å². The van der Waals surface area contributed by atoms with Crippen LogP contribution in [0.15, 0.2) is 0 Å². The lowest BCUT2D eigenvalue weighted by atomic mass is 10.5. The molecule has 2 atom stereocenters. The molecule has 0 aromatic heterocycles. The molecule has 14 heavy (non-hydrogen) atoms. The zero-order valence-electron chi connectivity index (χ0n) is 9.71. The lowest BCUT2D eigenvalue weighted by Crippen LogP contribution is -2.35. The fourth-order valence-electron chi connectivity index (χ4n) is 1.13. The second-order valence-electron chi connectivity index (χ2n) is 2.72. The van der Waals surface area contributed by atoms with E-state index in [-0.39, 0.29) is 18.3 Å². The number of alkyl halides is 2. The molecule has 7 heteroatoms. The lowest BCUT2D eigenvalue weighted by Gasteiger charge is -2.33. The van der Waals surface area contributed by atoms with Gasteiger partial charge < -0.3 is 4.52 Å². The van der Waals surface area contributed by atoms with E-state index in [0.29, 0.717) is 13.2 Å². The van der Waals surface area contributed by atoms with E-state index in [9.17, 15) is 4.57 Å². The molecule has 1 saturated heterocycles. The monoisotopic (exact) mass is 263 g/mol. The van der Waals surface area contributed by atoms with E-state index in [1.54, 1.807) is 0 Å². The molecule has 0 radical (unpaired) electrons. The van der Waals surface area contributed by atoms with Crippen LogP contribution in [0.1, 0.15) is 9.16 Å². The summed E-state index contributed by atoms with van der Waals surface area (Å²) in [5, 5.41) is 2.72. The highest BCUT2D eigenvalue weighted by molar-refractivity contribution is 7.54. The summed E-state index contributed by atoms with van der Waals surface area (Å²) in [7, 11) is -3.34. The first-order valence-corrected chi connectivity index (χ1v) is 7.01. The van der Waals surface area contributed by atoms with Gasteiger partial charge in [-0.15, -0.1) is 23.2 Å². The normalized spacial score (nSPS) is 34.8. The van der Waals surface area contributed by atoms with Gasteiger partial charge in [0.1, 0.15) is 0 Å². The second-order valence-corrected chi connectivity index (χ2v) is 5.46. The molecule has 1 rings (SSSR count). The van der Waals surface area contributed by atoms with Gasteiger partial charge in [-0.05, 0) is 6.42 Å². The van der Waals surface area contributed by atoms with Gasteiger partial charge in [-0.2, -0.15) is 0 Å². The van der Waals surface area contributed by atoms with Crippen molar-refractivity contribution in [2.24, 2.45) is 0 Å². The van der Waals surface area contributed by atoms with E-state index in [0.717, 1.165) is 11.1 Å². The van der Waals surface area contributed by atoms with Crippen molar-refractivity contribution < 1.29 is 11.8 Å². The van der Waals surface area contributed by atoms with Crippen LogP contribution in [-0.2, 0) is 9.09 Å². The van der Waals surface area contributed by atoms with E-state index in [4.69, 9.17) is 30.5 Å². The molecule has 1 aliphatic heterocycles. The topological polar surface area (TPSA) is 41.6 Å². The molecule has 0 amide bonds. The third-order valence-electron chi connectivity index (χ3n) is 1.76. The SMILES string of the molecule is [2H]C([3H])(CCl)N(CCCl)P1(=O)NCCCO1. The summed E-state index contributed by atoms with van der Waals surface area (Å²) in [6.07, 6.45) is 0.753. The molecule has 4 nitrogen and oxygen atoms in total. The fourth-order valence-corrected chi connectivity index (χ4v) is 3.49. The maximum Gasteiger partial charge on any atom is 0.343 e. The Morgan fingerprint density at radius 2 is 2.50 bits per heavy atom. The smallest absolute Gasteiger partial charge is 0.306 e. The van der Waals surface area contributed by atoms with Crippen LogP contribution in [0.4, 0.5) is 0 Å². The molecule has 0 aromatic rings. The highest BCUT2D eigenvalue weighted by Crippen LogP contribution is 2.47.